The number of carbonyl (C=O) groups is 1. The Morgan fingerprint density at radius 3 is 2.53 bits per heavy atom. The van der Waals surface area contributed by atoms with Gasteiger partial charge in [0.25, 0.3) is 0 Å². The molecule has 0 amide bonds. The number of aliphatic carboxylic acids is 1. The first-order valence-electron chi connectivity index (χ1n) is 4.45. The number of fused-ring (bicyclic) bond motifs is 1. The molecule has 0 fully saturated rings. The Labute approximate surface area is 87.5 Å². The summed E-state index contributed by atoms with van der Waals surface area (Å²) < 4.78 is 22.2. The summed E-state index contributed by atoms with van der Waals surface area (Å²) in [5.74, 6) is -1.29. The van der Waals surface area contributed by atoms with E-state index in [1.807, 2.05) is 0 Å². The molecule has 1 aromatic carbocycles. The minimum Gasteiger partial charge on any atom is -0.480 e. The maximum absolute atomic E-state index is 12.0. The second-order valence-electron chi connectivity index (χ2n) is 3.82. The van der Waals surface area contributed by atoms with Gasteiger partial charge in [-0.2, -0.15) is 0 Å². The van der Waals surface area contributed by atoms with Crippen molar-refractivity contribution in [3.63, 3.8) is 0 Å². The van der Waals surface area contributed by atoms with Crippen molar-refractivity contribution >= 4 is 15.8 Å². The van der Waals surface area contributed by atoms with Crippen LogP contribution < -0.4 is 0 Å². The van der Waals surface area contributed by atoms with Gasteiger partial charge in [0.15, 0.2) is 14.6 Å². The number of rotatable bonds is 1. The van der Waals surface area contributed by atoms with Gasteiger partial charge in [0.2, 0.25) is 0 Å². The van der Waals surface area contributed by atoms with Crippen LogP contribution in [0.15, 0.2) is 29.2 Å². The second kappa shape index (κ2) is 2.82. The Balaban J connectivity index is 2.73. The summed E-state index contributed by atoms with van der Waals surface area (Å²) in [7, 11) is -3.74. The average Bonchev–Trinajstić information content (AvgIpc) is 2.37. The van der Waals surface area contributed by atoms with E-state index in [0.29, 0.717) is 5.56 Å². The van der Waals surface area contributed by atoms with E-state index in [1.54, 1.807) is 18.2 Å². The van der Waals surface area contributed by atoms with Crippen molar-refractivity contribution < 1.29 is 18.3 Å². The molecule has 0 spiro atoms. The molecule has 80 valence electrons. The van der Waals surface area contributed by atoms with Gasteiger partial charge in [-0.3, -0.25) is 4.79 Å². The van der Waals surface area contributed by atoms with Gasteiger partial charge in [-0.1, -0.05) is 18.2 Å². The summed E-state index contributed by atoms with van der Waals surface area (Å²) >= 11 is 0. The van der Waals surface area contributed by atoms with Crippen molar-refractivity contribution in [2.24, 2.45) is 0 Å². The fraction of sp³-hybridized carbons (Fsp3) is 0.300. The van der Waals surface area contributed by atoms with E-state index in [0.717, 1.165) is 0 Å². The Morgan fingerprint density at radius 2 is 2.00 bits per heavy atom. The lowest BCUT2D eigenvalue weighted by molar-refractivity contribution is -0.139. The minimum atomic E-state index is -3.74. The van der Waals surface area contributed by atoms with Crippen LogP contribution in [-0.4, -0.2) is 24.2 Å². The molecule has 0 radical (unpaired) electrons. The summed E-state index contributed by atoms with van der Waals surface area (Å²) in [5, 5.41) is 9.00. The zero-order valence-corrected chi connectivity index (χ0v) is 8.91. The first-order valence-corrected chi connectivity index (χ1v) is 5.94. The van der Waals surface area contributed by atoms with E-state index in [2.05, 4.69) is 0 Å². The summed E-state index contributed by atoms with van der Waals surface area (Å²) in [6.07, 6.45) is 0.0425. The highest BCUT2D eigenvalue weighted by atomic mass is 32.2. The van der Waals surface area contributed by atoms with Crippen molar-refractivity contribution in [2.75, 3.05) is 0 Å². The molecule has 0 aromatic heterocycles. The predicted octanol–water partition coefficient (Wildman–Crippen LogP) is 0.860. The van der Waals surface area contributed by atoms with Gasteiger partial charge in [-0.25, -0.2) is 8.42 Å². The Kier molecular flexibility index (Phi) is 1.91. The molecular weight excluding hydrogens is 216 g/mol. The molecule has 1 heterocycles. The van der Waals surface area contributed by atoms with Crippen molar-refractivity contribution in [2.45, 2.75) is 23.0 Å². The third kappa shape index (κ3) is 1.13. The standard InChI is InChI=1S/C10H10O4S/c1-10(9(11)12)6-7-4-2-3-5-8(7)15(10,13)14/h2-5H,6H2,1H3,(H,11,12)/t10-/m1/s1. The van der Waals surface area contributed by atoms with Crippen molar-refractivity contribution in [1.29, 1.82) is 0 Å². The number of carboxylic acid groups (broad SMARTS) is 1. The molecule has 0 aliphatic carbocycles. The van der Waals surface area contributed by atoms with Crippen molar-refractivity contribution in [3.8, 4) is 0 Å². The summed E-state index contributed by atoms with van der Waals surface area (Å²) in [5.41, 5.74) is 0.586. The Hall–Kier alpha value is -1.36. The maximum atomic E-state index is 12.0. The molecule has 1 aromatic rings. The number of hydrogen-bond donors (Lipinski definition) is 1. The van der Waals surface area contributed by atoms with Crippen LogP contribution >= 0.6 is 0 Å². The molecule has 0 bridgehead atoms. The monoisotopic (exact) mass is 226 g/mol. The van der Waals surface area contributed by atoms with Crippen LogP contribution in [0.4, 0.5) is 0 Å². The van der Waals surface area contributed by atoms with Gasteiger partial charge in [0, 0.05) is 6.42 Å². The van der Waals surface area contributed by atoms with Crippen LogP contribution in [0.5, 0.6) is 0 Å². The first-order chi connectivity index (χ1) is 6.89. The summed E-state index contributed by atoms with van der Waals surface area (Å²) in [6, 6.07) is 6.42. The van der Waals surface area contributed by atoms with Gasteiger partial charge >= 0.3 is 5.97 Å². The lowest BCUT2D eigenvalue weighted by atomic mass is 10.0. The molecule has 5 heteroatoms. The SMILES string of the molecule is C[C@]1(C(=O)O)Cc2ccccc2S1(=O)=O. The lowest BCUT2D eigenvalue weighted by Crippen LogP contribution is -2.41. The maximum Gasteiger partial charge on any atom is 0.325 e. The molecule has 1 atom stereocenters. The van der Waals surface area contributed by atoms with Crippen LogP contribution in [0.25, 0.3) is 0 Å². The van der Waals surface area contributed by atoms with Crippen LogP contribution in [0.3, 0.4) is 0 Å². The molecule has 1 aliphatic heterocycles. The molecule has 4 nitrogen and oxygen atoms in total. The number of hydrogen-bond acceptors (Lipinski definition) is 3. The zero-order valence-electron chi connectivity index (χ0n) is 8.10. The number of carboxylic acids is 1. The van der Waals surface area contributed by atoms with E-state index in [-0.39, 0.29) is 11.3 Å². The van der Waals surface area contributed by atoms with Crippen LogP contribution in [0.2, 0.25) is 0 Å². The van der Waals surface area contributed by atoms with E-state index in [1.165, 1.54) is 13.0 Å². The Bertz CT molecular complexity index is 532. The minimum absolute atomic E-state index is 0.0425. The molecule has 0 saturated heterocycles. The smallest absolute Gasteiger partial charge is 0.325 e. The summed E-state index contributed by atoms with van der Waals surface area (Å²) in [6.45, 7) is 1.25. The Morgan fingerprint density at radius 1 is 1.40 bits per heavy atom. The highest BCUT2D eigenvalue weighted by molar-refractivity contribution is 7.94. The zero-order chi connectivity index (χ0) is 11.3. The lowest BCUT2D eigenvalue weighted by Gasteiger charge is -2.16. The molecular formula is C10H10O4S. The van der Waals surface area contributed by atoms with Crippen molar-refractivity contribution in [3.05, 3.63) is 29.8 Å². The van der Waals surface area contributed by atoms with Gasteiger partial charge in [-0.05, 0) is 18.6 Å². The van der Waals surface area contributed by atoms with Gasteiger partial charge in [0.05, 0.1) is 4.90 Å². The third-order valence-electron chi connectivity index (χ3n) is 2.84. The highest BCUT2D eigenvalue weighted by Gasteiger charge is 2.53. The average molecular weight is 226 g/mol. The van der Waals surface area contributed by atoms with Crippen LogP contribution in [0.1, 0.15) is 12.5 Å². The normalized spacial score (nSPS) is 27.3. The van der Waals surface area contributed by atoms with E-state index < -0.39 is 20.6 Å². The van der Waals surface area contributed by atoms with E-state index in [4.69, 9.17) is 5.11 Å². The predicted molar refractivity (Wildman–Crippen MR) is 53.4 cm³/mol. The van der Waals surface area contributed by atoms with Crippen LogP contribution in [0, 0.1) is 0 Å². The molecule has 15 heavy (non-hydrogen) atoms. The van der Waals surface area contributed by atoms with Crippen molar-refractivity contribution in [1.82, 2.24) is 0 Å². The fourth-order valence-corrected chi connectivity index (χ4v) is 3.61. The second-order valence-corrected chi connectivity index (χ2v) is 6.17. The number of sulfone groups is 1. The molecule has 0 saturated carbocycles. The van der Waals surface area contributed by atoms with Crippen LogP contribution in [-0.2, 0) is 21.1 Å². The topological polar surface area (TPSA) is 71.4 Å². The van der Waals surface area contributed by atoms with E-state index >= 15 is 0 Å². The summed E-state index contributed by atoms with van der Waals surface area (Å²) in [4.78, 5) is 11.2. The van der Waals surface area contributed by atoms with Gasteiger partial charge in [-0.15, -0.1) is 0 Å². The quantitative estimate of drug-likeness (QED) is 0.771. The first kappa shape index (κ1) is 10.2. The molecule has 1 N–H and O–H groups in total. The van der Waals surface area contributed by atoms with Gasteiger partial charge in [0.1, 0.15) is 0 Å². The molecule has 0 unspecified atom stereocenters. The largest absolute Gasteiger partial charge is 0.480 e. The van der Waals surface area contributed by atoms with Gasteiger partial charge < -0.3 is 5.11 Å². The highest BCUT2D eigenvalue weighted by Crippen LogP contribution is 2.38. The molecule has 2 rings (SSSR count). The third-order valence-corrected chi connectivity index (χ3v) is 5.32. The number of benzene rings is 1. The molecule has 1 aliphatic rings. The van der Waals surface area contributed by atoms with E-state index in [9.17, 15) is 13.2 Å². The fourth-order valence-electron chi connectivity index (χ4n) is 1.80.